The number of hydrogen-bond acceptors (Lipinski definition) is 3. The van der Waals surface area contributed by atoms with Gasteiger partial charge in [-0.3, -0.25) is 0 Å². The third-order valence-corrected chi connectivity index (χ3v) is 2.53. The number of ether oxygens (including phenoxy) is 2. The molecular formula is C12H16O3. The first kappa shape index (κ1) is 10.6. The highest BCUT2D eigenvalue weighted by molar-refractivity contribution is 5.13. The van der Waals surface area contributed by atoms with Crippen LogP contribution >= 0.6 is 0 Å². The van der Waals surface area contributed by atoms with Crippen molar-refractivity contribution in [3.63, 3.8) is 0 Å². The van der Waals surface area contributed by atoms with Crippen LogP contribution in [0.3, 0.4) is 0 Å². The molecule has 3 nitrogen and oxygen atoms in total. The van der Waals surface area contributed by atoms with E-state index < -0.39 is 0 Å². The van der Waals surface area contributed by atoms with Crippen molar-refractivity contribution in [2.45, 2.75) is 25.2 Å². The van der Waals surface area contributed by atoms with Gasteiger partial charge >= 0.3 is 0 Å². The molecule has 3 heteroatoms. The lowest BCUT2D eigenvalue weighted by Gasteiger charge is -2.34. The second-order valence-electron chi connectivity index (χ2n) is 3.80. The van der Waals surface area contributed by atoms with E-state index in [0.717, 1.165) is 6.42 Å². The Bertz CT molecular complexity index is 280. The predicted molar refractivity (Wildman–Crippen MR) is 56.5 cm³/mol. The Morgan fingerprint density at radius 1 is 1.27 bits per heavy atom. The van der Waals surface area contributed by atoms with Crippen molar-refractivity contribution in [3.05, 3.63) is 35.9 Å². The van der Waals surface area contributed by atoms with E-state index in [1.807, 2.05) is 30.3 Å². The monoisotopic (exact) mass is 208 g/mol. The average molecular weight is 208 g/mol. The summed E-state index contributed by atoms with van der Waals surface area (Å²) in [5.41, 5.74) is 1.18. The Morgan fingerprint density at radius 3 is 2.67 bits per heavy atom. The summed E-state index contributed by atoms with van der Waals surface area (Å²) < 4.78 is 10.9. The summed E-state index contributed by atoms with van der Waals surface area (Å²) in [6, 6.07) is 10.1. The number of aliphatic hydroxyl groups excluding tert-OH is 1. The minimum atomic E-state index is 0.0373. The number of rotatable bonds is 5. The molecule has 0 saturated carbocycles. The Kier molecular flexibility index (Phi) is 3.72. The molecule has 2 atom stereocenters. The molecule has 0 bridgehead atoms. The zero-order chi connectivity index (χ0) is 10.5. The molecule has 82 valence electrons. The van der Waals surface area contributed by atoms with E-state index in [4.69, 9.17) is 14.6 Å². The molecule has 1 aliphatic heterocycles. The average Bonchev–Trinajstić information content (AvgIpc) is 2.23. The molecule has 1 saturated heterocycles. The lowest BCUT2D eigenvalue weighted by Crippen LogP contribution is -2.42. The van der Waals surface area contributed by atoms with Gasteiger partial charge in [-0.2, -0.15) is 0 Å². The highest BCUT2D eigenvalue weighted by atomic mass is 16.6. The predicted octanol–water partition coefficient (Wildman–Crippen LogP) is 1.35. The topological polar surface area (TPSA) is 38.7 Å². The van der Waals surface area contributed by atoms with E-state index in [-0.39, 0.29) is 18.8 Å². The Balaban J connectivity index is 1.60. The third kappa shape index (κ3) is 3.02. The van der Waals surface area contributed by atoms with E-state index >= 15 is 0 Å². The largest absolute Gasteiger partial charge is 0.394 e. The number of hydrogen-bond donors (Lipinski definition) is 1. The van der Waals surface area contributed by atoms with Gasteiger partial charge < -0.3 is 14.6 Å². The fraction of sp³-hybridized carbons (Fsp3) is 0.500. The molecule has 1 aliphatic rings. The summed E-state index contributed by atoms with van der Waals surface area (Å²) in [5, 5.41) is 8.74. The number of benzene rings is 1. The van der Waals surface area contributed by atoms with Crippen LogP contribution in [0.1, 0.15) is 12.0 Å². The van der Waals surface area contributed by atoms with Gasteiger partial charge in [-0.25, -0.2) is 0 Å². The molecule has 0 aromatic heterocycles. The van der Waals surface area contributed by atoms with Crippen LogP contribution in [0.15, 0.2) is 30.3 Å². The molecule has 1 heterocycles. The first-order valence-electron chi connectivity index (χ1n) is 5.26. The Labute approximate surface area is 89.6 Å². The Morgan fingerprint density at radius 2 is 2.00 bits per heavy atom. The van der Waals surface area contributed by atoms with Crippen molar-refractivity contribution in [2.24, 2.45) is 0 Å². The van der Waals surface area contributed by atoms with Gasteiger partial charge in [0.25, 0.3) is 0 Å². The van der Waals surface area contributed by atoms with E-state index in [1.54, 1.807) is 0 Å². The molecule has 2 unspecified atom stereocenters. The van der Waals surface area contributed by atoms with Gasteiger partial charge in [0.1, 0.15) is 0 Å². The second-order valence-corrected chi connectivity index (χ2v) is 3.80. The zero-order valence-corrected chi connectivity index (χ0v) is 8.63. The molecular weight excluding hydrogens is 192 g/mol. The van der Waals surface area contributed by atoms with Crippen LogP contribution in [0.2, 0.25) is 0 Å². The van der Waals surface area contributed by atoms with Crippen molar-refractivity contribution in [3.8, 4) is 0 Å². The van der Waals surface area contributed by atoms with E-state index in [1.165, 1.54) is 5.56 Å². The first-order valence-corrected chi connectivity index (χ1v) is 5.26. The fourth-order valence-electron chi connectivity index (χ4n) is 1.66. The zero-order valence-electron chi connectivity index (χ0n) is 8.63. The minimum Gasteiger partial charge on any atom is -0.394 e. The standard InChI is InChI=1S/C12H16O3/c13-7-11-6-12(15-11)9-14-8-10-4-2-1-3-5-10/h1-5,11-13H,6-9H2. The maximum absolute atomic E-state index is 8.74. The minimum absolute atomic E-state index is 0.0373. The summed E-state index contributed by atoms with van der Waals surface area (Å²) in [7, 11) is 0. The van der Waals surface area contributed by atoms with Crippen LogP contribution in [0.4, 0.5) is 0 Å². The van der Waals surface area contributed by atoms with Crippen molar-refractivity contribution < 1.29 is 14.6 Å². The molecule has 1 aromatic rings. The van der Waals surface area contributed by atoms with Crippen molar-refractivity contribution >= 4 is 0 Å². The summed E-state index contributed by atoms with van der Waals surface area (Å²) >= 11 is 0. The smallest absolute Gasteiger partial charge is 0.0839 e. The normalized spacial score (nSPS) is 24.9. The van der Waals surface area contributed by atoms with E-state index in [0.29, 0.717) is 13.2 Å². The van der Waals surface area contributed by atoms with Crippen molar-refractivity contribution in [1.29, 1.82) is 0 Å². The summed E-state index contributed by atoms with van der Waals surface area (Å²) in [6.07, 6.45) is 1.12. The SMILES string of the molecule is OCC1CC(COCc2ccccc2)O1. The second kappa shape index (κ2) is 5.26. The van der Waals surface area contributed by atoms with Crippen LogP contribution in [-0.4, -0.2) is 30.5 Å². The third-order valence-electron chi connectivity index (χ3n) is 2.53. The van der Waals surface area contributed by atoms with Crippen LogP contribution in [0.25, 0.3) is 0 Å². The highest BCUT2D eigenvalue weighted by Gasteiger charge is 2.29. The molecule has 0 radical (unpaired) electrons. The summed E-state index contributed by atoms with van der Waals surface area (Å²) in [4.78, 5) is 0. The Hall–Kier alpha value is -0.900. The van der Waals surface area contributed by atoms with Gasteiger partial charge in [-0.1, -0.05) is 30.3 Å². The molecule has 0 amide bonds. The van der Waals surface area contributed by atoms with Gasteiger partial charge in [-0.05, 0) is 5.56 Å². The first-order chi connectivity index (χ1) is 7.38. The lowest BCUT2D eigenvalue weighted by atomic mass is 10.1. The van der Waals surface area contributed by atoms with E-state index in [9.17, 15) is 0 Å². The van der Waals surface area contributed by atoms with E-state index in [2.05, 4.69) is 0 Å². The molecule has 1 N–H and O–H groups in total. The van der Waals surface area contributed by atoms with Gasteiger partial charge in [-0.15, -0.1) is 0 Å². The van der Waals surface area contributed by atoms with Gasteiger partial charge in [0.05, 0.1) is 32.0 Å². The maximum atomic E-state index is 8.74. The maximum Gasteiger partial charge on any atom is 0.0839 e. The van der Waals surface area contributed by atoms with Crippen LogP contribution in [0.5, 0.6) is 0 Å². The van der Waals surface area contributed by atoms with Crippen LogP contribution in [0, 0.1) is 0 Å². The number of aliphatic hydroxyl groups is 1. The van der Waals surface area contributed by atoms with Crippen molar-refractivity contribution in [1.82, 2.24) is 0 Å². The summed E-state index contributed by atoms with van der Waals surface area (Å²) in [6.45, 7) is 1.37. The molecule has 1 fully saturated rings. The molecule has 1 aromatic carbocycles. The van der Waals surface area contributed by atoms with Gasteiger partial charge in [0.15, 0.2) is 0 Å². The van der Waals surface area contributed by atoms with Crippen LogP contribution in [-0.2, 0) is 16.1 Å². The lowest BCUT2D eigenvalue weighted by molar-refractivity contribution is -0.167. The molecule has 0 spiro atoms. The molecule has 0 aliphatic carbocycles. The van der Waals surface area contributed by atoms with Crippen LogP contribution < -0.4 is 0 Å². The fourth-order valence-corrected chi connectivity index (χ4v) is 1.66. The quantitative estimate of drug-likeness (QED) is 0.794. The van der Waals surface area contributed by atoms with Crippen molar-refractivity contribution in [2.75, 3.05) is 13.2 Å². The molecule has 2 rings (SSSR count). The summed E-state index contributed by atoms with van der Waals surface area (Å²) in [5.74, 6) is 0. The highest BCUT2D eigenvalue weighted by Crippen LogP contribution is 2.20. The van der Waals surface area contributed by atoms with Gasteiger partial charge in [0.2, 0.25) is 0 Å². The van der Waals surface area contributed by atoms with Gasteiger partial charge in [0, 0.05) is 6.42 Å². The molecule has 15 heavy (non-hydrogen) atoms.